The molecule has 1 amide bonds. The molecule has 0 bridgehead atoms. The average Bonchev–Trinajstić information content (AvgIpc) is 3.12. The summed E-state index contributed by atoms with van der Waals surface area (Å²) < 4.78 is 8.23. The van der Waals surface area contributed by atoms with Crippen molar-refractivity contribution in [1.29, 1.82) is 0 Å². The highest BCUT2D eigenvalue weighted by atomic mass is 32.1. The number of amides is 1. The molecule has 0 radical (unpaired) electrons. The molecule has 3 heterocycles. The van der Waals surface area contributed by atoms with Gasteiger partial charge in [0.25, 0.3) is 11.5 Å². The average molecular weight is 368 g/mol. The maximum absolute atomic E-state index is 13.0. The summed E-state index contributed by atoms with van der Waals surface area (Å²) in [7, 11) is 1.59. The van der Waals surface area contributed by atoms with E-state index in [1.165, 1.54) is 16.0 Å². The van der Waals surface area contributed by atoms with Crippen molar-refractivity contribution in [3.8, 4) is 5.75 Å². The zero-order chi connectivity index (χ0) is 18.4. The number of carbonyl (C=O) groups excluding carboxylic acids is 1. The van der Waals surface area contributed by atoms with E-state index in [1.54, 1.807) is 17.7 Å². The first-order valence-electron chi connectivity index (χ1n) is 7.92. The second-order valence-corrected chi connectivity index (χ2v) is 7.21. The van der Waals surface area contributed by atoms with E-state index in [2.05, 4.69) is 5.10 Å². The lowest BCUT2D eigenvalue weighted by molar-refractivity contribution is 0.0996. The van der Waals surface area contributed by atoms with Crippen LogP contribution >= 0.6 is 11.3 Å². The molecule has 0 spiro atoms. The van der Waals surface area contributed by atoms with Gasteiger partial charge in [0.1, 0.15) is 16.3 Å². The van der Waals surface area contributed by atoms with Crippen molar-refractivity contribution >= 4 is 32.8 Å². The highest BCUT2D eigenvalue weighted by molar-refractivity contribution is 7.18. The van der Waals surface area contributed by atoms with Crippen LogP contribution in [-0.4, -0.2) is 27.2 Å². The smallest absolute Gasteiger partial charge is 0.277 e. The maximum atomic E-state index is 13.0. The van der Waals surface area contributed by atoms with Crippen molar-refractivity contribution in [1.82, 2.24) is 14.2 Å². The molecule has 4 aromatic rings. The van der Waals surface area contributed by atoms with Gasteiger partial charge < -0.3 is 14.9 Å². The molecule has 0 saturated heterocycles. The molecule has 3 aromatic heterocycles. The van der Waals surface area contributed by atoms with Crippen LogP contribution in [0.15, 0.2) is 41.5 Å². The summed E-state index contributed by atoms with van der Waals surface area (Å²) in [6.45, 7) is 2.21. The van der Waals surface area contributed by atoms with Gasteiger partial charge in [-0.1, -0.05) is 12.1 Å². The number of benzene rings is 1. The summed E-state index contributed by atoms with van der Waals surface area (Å²) in [5.41, 5.74) is 6.30. The molecule has 1 aromatic carbocycles. The van der Waals surface area contributed by atoms with Gasteiger partial charge in [-0.15, -0.1) is 11.3 Å². The number of nitrogens with two attached hydrogens (primary N) is 1. The van der Waals surface area contributed by atoms with Gasteiger partial charge in [-0.3, -0.25) is 9.59 Å². The molecule has 132 valence electrons. The zero-order valence-electron chi connectivity index (χ0n) is 14.2. The zero-order valence-corrected chi connectivity index (χ0v) is 15.0. The standard InChI is InChI=1S/C18H16N4O3S/c1-10-8-21-15(16(19)23)14-13(18(21)26-10)7-20-22(17(14)24)9-11-4-3-5-12(6-11)25-2/h3-8H,9H2,1-2H3,(H2,19,23). The van der Waals surface area contributed by atoms with Crippen molar-refractivity contribution in [3.63, 3.8) is 0 Å². The molecule has 0 atom stereocenters. The minimum atomic E-state index is -0.635. The van der Waals surface area contributed by atoms with Gasteiger partial charge in [0.05, 0.1) is 25.2 Å². The topological polar surface area (TPSA) is 91.6 Å². The van der Waals surface area contributed by atoms with E-state index < -0.39 is 5.91 Å². The summed E-state index contributed by atoms with van der Waals surface area (Å²) in [4.78, 5) is 26.9. The normalized spacial score (nSPS) is 11.3. The van der Waals surface area contributed by atoms with E-state index >= 15 is 0 Å². The number of aromatic nitrogens is 3. The van der Waals surface area contributed by atoms with E-state index in [1.807, 2.05) is 37.4 Å². The van der Waals surface area contributed by atoms with Gasteiger partial charge in [-0.2, -0.15) is 5.10 Å². The van der Waals surface area contributed by atoms with E-state index in [0.717, 1.165) is 15.3 Å². The first kappa shape index (κ1) is 16.3. The van der Waals surface area contributed by atoms with Crippen molar-refractivity contribution in [2.45, 2.75) is 13.5 Å². The Morgan fingerprint density at radius 2 is 2.19 bits per heavy atom. The van der Waals surface area contributed by atoms with Gasteiger partial charge in [0.15, 0.2) is 0 Å². The maximum Gasteiger partial charge on any atom is 0.277 e. The van der Waals surface area contributed by atoms with Crippen LogP contribution in [0.25, 0.3) is 15.6 Å². The Balaban J connectivity index is 1.93. The third-order valence-electron chi connectivity index (χ3n) is 4.24. The fraction of sp³-hybridized carbons (Fsp3) is 0.167. The molecule has 0 aliphatic rings. The molecule has 0 aliphatic carbocycles. The molecule has 4 rings (SSSR count). The Morgan fingerprint density at radius 1 is 1.38 bits per heavy atom. The lowest BCUT2D eigenvalue weighted by atomic mass is 10.2. The number of carbonyl (C=O) groups is 1. The Labute approximate surface area is 152 Å². The van der Waals surface area contributed by atoms with Gasteiger partial charge in [-0.05, 0) is 24.6 Å². The fourth-order valence-corrected chi connectivity index (χ4v) is 4.09. The number of fused-ring (bicyclic) bond motifs is 3. The quantitative estimate of drug-likeness (QED) is 0.598. The number of aryl methyl sites for hydroxylation is 1. The SMILES string of the molecule is COc1cccc(Cn2ncc3c(c(C(N)=O)n4cc(C)sc34)c2=O)c1. The number of nitrogens with zero attached hydrogens (tertiary/aromatic N) is 3. The number of rotatable bonds is 4. The first-order valence-corrected chi connectivity index (χ1v) is 8.74. The summed E-state index contributed by atoms with van der Waals surface area (Å²) in [6.07, 6.45) is 3.43. The number of thiazole rings is 1. The predicted molar refractivity (Wildman–Crippen MR) is 100 cm³/mol. The van der Waals surface area contributed by atoms with Gasteiger partial charge in [-0.25, -0.2) is 4.68 Å². The Bertz CT molecular complexity index is 1220. The summed E-state index contributed by atoms with van der Waals surface area (Å²) in [5, 5.41) is 5.24. The van der Waals surface area contributed by atoms with Crippen LogP contribution in [0.1, 0.15) is 20.9 Å². The van der Waals surface area contributed by atoms with Crippen LogP contribution in [-0.2, 0) is 6.54 Å². The number of ether oxygens (including phenoxy) is 1. The summed E-state index contributed by atoms with van der Waals surface area (Å²) >= 11 is 1.49. The highest BCUT2D eigenvalue weighted by Crippen LogP contribution is 2.29. The minimum Gasteiger partial charge on any atom is -0.497 e. The molecule has 2 N–H and O–H groups in total. The van der Waals surface area contributed by atoms with Gasteiger partial charge in [0.2, 0.25) is 0 Å². The second kappa shape index (κ2) is 5.99. The molecular formula is C18H16N4O3S. The summed E-state index contributed by atoms with van der Waals surface area (Å²) in [5.74, 6) is 0.0679. The van der Waals surface area contributed by atoms with Crippen LogP contribution in [0.4, 0.5) is 0 Å². The number of hydrogen-bond acceptors (Lipinski definition) is 5. The Morgan fingerprint density at radius 3 is 2.92 bits per heavy atom. The van der Waals surface area contributed by atoms with Crippen LogP contribution in [0.3, 0.4) is 0 Å². The summed E-state index contributed by atoms with van der Waals surface area (Å²) in [6, 6.07) is 7.41. The number of methoxy groups -OCH3 is 1. The lowest BCUT2D eigenvalue weighted by Gasteiger charge is -2.07. The van der Waals surface area contributed by atoms with Crippen LogP contribution in [0.5, 0.6) is 5.75 Å². The first-order chi connectivity index (χ1) is 12.5. The minimum absolute atomic E-state index is 0.200. The molecular weight excluding hydrogens is 352 g/mol. The lowest BCUT2D eigenvalue weighted by Crippen LogP contribution is -2.25. The van der Waals surface area contributed by atoms with Crippen LogP contribution in [0.2, 0.25) is 0 Å². The van der Waals surface area contributed by atoms with E-state index in [9.17, 15) is 9.59 Å². The highest BCUT2D eigenvalue weighted by Gasteiger charge is 2.22. The van der Waals surface area contributed by atoms with Crippen LogP contribution in [0, 0.1) is 6.92 Å². The van der Waals surface area contributed by atoms with E-state index in [4.69, 9.17) is 10.5 Å². The molecule has 0 saturated carbocycles. The molecule has 0 fully saturated rings. The molecule has 0 aliphatic heterocycles. The van der Waals surface area contributed by atoms with Crippen LogP contribution < -0.4 is 16.0 Å². The third kappa shape index (κ3) is 2.46. The Hall–Kier alpha value is -3.13. The van der Waals surface area contributed by atoms with Gasteiger partial charge >= 0.3 is 0 Å². The largest absolute Gasteiger partial charge is 0.497 e. The van der Waals surface area contributed by atoms with E-state index in [0.29, 0.717) is 16.5 Å². The molecule has 8 heteroatoms. The van der Waals surface area contributed by atoms with Crippen molar-refractivity contribution in [2.24, 2.45) is 5.73 Å². The third-order valence-corrected chi connectivity index (χ3v) is 5.28. The van der Waals surface area contributed by atoms with Gasteiger partial charge in [0, 0.05) is 16.5 Å². The second-order valence-electron chi connectivity index (χ2n) is 5.98. The Kier molecular flexibility index (Phi) is 3.77. The molecule has 0 unspecified atom stereocenters. The number of hydrogen-bond donors (Lipinski definition) is 1. The van der Waals surface area contributed by atoms with Crippen molar-refractivity contribution < 1.29 is 9.53 Å². The fourth-order valence-electron chi connectivity index (χ4n) is 3.12. The van der Waals surface area contributed by atoms with Crippen molar-refractivity contribution in [2.75, 3.05) is 7.11 Å². The monoisotopic (exact) mass is 368 g/mol. The molecule has 26 heavy (non-hydrogen) atoms. The van der Waals surface area contributed by atoms with E-state index in [-0.39, 0.29) is 17.8 Å². The molecule has 7 nitrogen and oxygen atoms in total. The van der Waals surface area contributed by atoms with Crippen molar-refractivity contribution in [3.05, 3.63) is 63.1 Å². The number of primary amides is 1. The predicted octanol–water partition coefficient (Wildman–Crippen LogP) is 2.17.